The van der Waals surface area contributed by atoms with E-state index in [4.69, 9.17) is 14.2 Å². The third-order valence-corrected chi connectivity index (χ3v) is 4.85. The Balaban J connectivity index is 1.56. The monoisotopic (exact) mass is 377 g/mol. The second-order valence-electron chi connectivity index (χ2n) is 5.65. The van der Waals surface area contributed by atoms with Crippen LogP contribution in [0.2, 0.25) is 0 Å². The molecule has 0 spiro atoms. The van der Waals surface area contributed by atoms with E-state index in [1.54, 1.807) is 13.3 Å². The number of hydrogen-bond donors (Lipinski definition) is 1. The zero-order valence-electron chi connectivity index (χ0n) is 14.4. The minimum absolute atomic E-state index is 0.234. The van der Waals surface area contributed by atoms with Crippen molar-refractivity contribution < 1.29 is 14.2 Å². The summed E-state index contributed by atoms with van der Waals surface area (Å²) in [7, 11) is 1.61. The SMILES string of the molecule is COc1cccc(NC=C(C#N)c2nc(-c3ccc4c(c3)OCO4)cs2)c1. The van der Waals surface area contributed by atoms with Gasteiger partial charge in [0.2, 0.25) is 6.79 Å². The number of rotatable bonds is 5. The van der Waals surface area contributed by atoms with Gasteiger partial charge < -0.3 is 19.5 Å². The molecule has 0 amide bonds. The van der Waals surface area contributed by atoms with Gasteiger partial charge in [-0.25, -0.2) is 4.98 Å². The van der Waals surface area contributed by atoms with Gasteiger partial charge in [0.15, 0.2) is 11.5 Å². The summed E-state index contributed by atoms with van der Waals surface area (Å²) in [5.74, 6) is 2.18. The van der Waals surface area contributed by atoms with Crippen molar-refractivity contribution in [1.29, 1.82) is 5.26 Å². The number of nitrogens with zero attached hydrogens (tertiary/aromatic N) is 2. The third-order valence-electron chi connectivity index (χ3n) is 3.98. The molecular formula is C20H15N3O3S. The van der Waals surface area contributed by atoms with Gasteiger partial charge in [0, 0.05) is 28.9 Å². The quantitative estimate of drug-likeness (QED) is 0.659. The number of methoxy groups -OCH3 is 1. The summed E-state index contributed by atoms with van der Waals surface area (Å²) in [6, 6.07) is 15.4. The highest BCUT2D eigenvalue weighted by Crippen LogP contribution is 2.36. The van der Waals surface area contributed by atoms with Crippen molar-refractivity contribution in [2.24, 2.45) is 0 Å². The Hall–Kier alpha value is -3.50. The predicted octanol–water partition coefficient (Wildman–Crippen LogP) is 4.52. The van der Waals surface area contributed by atoms with E-state index in [0.717, 1.165) is 28.4 Å². The lowest BCUT2D eigenvalue weighted by atomic mass is 10.1. The summed E-state index contributed by atoms with van der Waals surface area (Å²) in [4.78, 5) is 4.59. The van der Waals surface area contributed by atoms with Crippen LogP contribution in [0.4, 0.5) is 5.69 Å². The van der Waals surface area contributed by atoms with Gasteiger partial charge >= 0.3 is 0 Å². The lowest BCUT2D eigenvalue weighted by molar-refractivity contribution is 0.174. The number of aromatic nitrogens is 1. The highest BCUT2D eigenvalue weighted by atomic mass is 32.1. The van der Waals surface area contributed by atoms with Gasteiger partial charge in [0.1, 0.15) is 22.4 Å². The van der Waals surface area contributed by atoms with E-state index in [0.29, 0.717) is 16.3 Å². The molecular weight excluding hydrogens is 362 g/mol. The fraction of sp³-hybridized carbons (Fsp3) is 0.100. The van der Waals surface area contributed by atoms with Crippen molar-refractivity contribution in [2.45, 2.75) is 0 Å². The fourth-order valence-electron chi connectivity index (χ4n) is 2.60. The Morgan fingerprint density at radius 1 is 1.26 bits per heavy atom. The third kappa shape index (κ3) is 3.57. The molecule has 3 aromatic rings. The van der Waals surface area contributed by atoms with Crippen LogP contribution < -0.4 is 19.5 Å². The summed E-state index contributed by atoms with van der Waals surface area (Å²) in [6.45, 7) is 0.234. The number of nitrogens with one attached hydrogen (secondary N) is 1. The summed E-state index contributed by atoms with van der Waals surface area (Å²) < 4.78 is 15.9. The largest absolute Gasteiger partial charge is 0.497 e. The van der Waals surface area contributed by atoms with Crippen LogP contribution in [0, 0.1) is 11.3 Å². The lowest BCUT2D eigenvalue weighted by Crippen LogP contribution is -1.92. The Morgan fingerprint density at radius 3 is 3.00 bits per heavy atom. The Bertz CT molecular complexity index is 1050. The molecule has 134 valence electrons. The lowest BCUT2D eigenvalue weighted by Gasteiger charge is -2.04. The van der Waals surface area contributed by atoms with Crippen molar-refractivity contribution in [2.75, 3.05) is 19.2 Å². The van der Waals surface area contributed by atoms with E-state index in [1.165, 1.54) is 11.3 Å². The van der Waals surface area contributed by atoms with Gasteiger partial charge in [-0.1, -0.05) is 6.07 Å². The van der Waals surface area contributed by atoms with E-state index < -0.39 is 0 Å². The number of anilines is 1. The topological polar surface area (TPSA) is 76.4 Å². The van der Waals surface area contributed by atoms with Crippen LogP contribution in [0.1, 0.15) is 5.01 Å². The molecule has 2 heterocycles. The van der Waals surface area contributed by atoms with E-state index in [-0.39, 0.29) is 6.79 Å². The van der Waals surface area contributed by atoms with Gasteiger partial charge in [-0.05, 0) is 30.3 Å². The first-order valence-corrected chi connectivity index (χ1v) is 9.01. The smallest absolute Gasteiger partial charge is 0.231 e. The predicted molar refractivity (Wildman–Crippen MR) is 104 cm³/mol. The number of allylic oxidation sites excluding steroid dienone is 1. The number of fused-ring (bicyclic) bond motifs is 1. The van der Waals surface area contributed by atoms with Crippen LogP contribution in [-0.2, 0) is 0 Å². The summed E-state index contributed by atoms with van der Waals surface area (Å²) in [5.41, 5.74) is 2.99. The Kier molecular flexibility index (Phi) is 4.64. The van der Waals surface area contributed by atoms with Gasteiger partial charge in [-0.3, -0.25) is 0 Å². The average molecular weight is 377 g/mol. The van der Waals surface area contributed by atoms with Crippen LogP contribution in [0.3, 0.4) is 0 Å². The molecule has 0 radical (unpaired) electrons. The zero-order valence-corrected chi connectivity index (χ0v) is 15.2. The molecule has 6 nitrogen and oxygen atoms in total. The van der Waals surface area contributed by atoms with Crippen LogP contribution in [-0.4, -0.2) is 18.9 Å². The van der Waals surface area contributed by atoms with E-state index in [9.17, 15) is 5.26 Å². The Morgan fingerprint density at radius 2 is 2.15 bits per heavy atom. The summed E-state index contributed by atoms with van der Waals surface area (Å²) >= 11 is 1.41. The number of hydrogen-bond acceptors (Lipinski definition) is 7. The van der Waals surface area contributed by atoms with Crippen molar-refractivity contribution in [1.82, 2.24) is 4.98 Å². The molecule has 0 fully saturated rings. The molecule has 0 bridgehead atoms. The standard InChI is InChI=1S/C20H15N3O3S/c1-24-16-4-2-3-15(8-16)22-10-14(9-21)20-23-17(11-27-20)13-5-6-18-19(7-13)26-12-25-18/h2-8,10-11,22H,12H2,1H3. The molecule has 0 atom stereocenters. The molecule has 1 aromatic heterocycles. The highest BCUT2D eigenvalue weighted by molar-refractivity contribution is 7.11. The molecule has 2 aromatic carbocycles. The number of thiazole rings is 1. The summed E-state index contributed by atoms with van der Waals surface area (Å²) in [5, 5.41) is 15.2. The molecule has 27 heavy (non-hydrogen) atoms. The molecule has 4 rings (SSSR count). The van der Waals surface area contributed by atoms with Gasteiger partial charge in [-0.15, -0.1) is 11.3 Å². The molecule has 0 unspecified atom stereocenters. The molecule has 1 aliphatic heterocycles. The van der Waals surface area contributed by atoms with E-state index in [2.05, 4.69) is 16.4 Å². The highest BCUT2D eigenvalue weighted by Gasteiger charge is 2.15. The van der Waals surface area contributed by atoms with Crippen molar-refractivity contribution in [3.05, 3.63) is 59.1 Å². The Labute approximate surface area is 160 Å². The average Bonchev–Trinajstić information content (AvgIpc) is 3.37. The maximum Gasteiger partial charge on any atom is 0.231 e. The minimum atomic E-state index is 0.234. The second-order valence-corrected chi connectivity index (χ2v) is 6.51. The number of nitriles is 1. The van der Waals surface area contributed by atoms with E-state index >= 15 is 0 Å². The minimum Gasteiger partial charge on any atom is -0.497 e. The maximum absolute atomic E-state index is 9.51. The van der Waals surface area contributed by atoms with Gasteiger partial charge in [0.25, 0.3) is 0 Å². The maximum atomic E-state index is 9.51. The van der Waals surface area contributed by atoms with Gasteiger partial charge in [0.05, 0.1) is 12.8 Å². The normalized spacial score (nSPS) is 12.5. The number of ether oxygens (including phenoxy) is 3. The van der Waals surface area contributed by atoms with Crippen LogP contribution in [0.5, 0.6) is 17.2 Å². The van der Waals surface area contributed by atoms with Crippen molar-refractivity contribution in [3.63, 3.8) is 0 Å². The first-order valence-electron chi connectivity index (χ1n) is 8.13. The summed E-state index contributed by atoms with van der Waals surface area (Å²) in [6.07, 6.45) is 1.65. The van der Waals surface area contributed by atoms with E-state index in [1.807, 2.05) is 47.8 Å². The van der Waals surface area contributed by atoms with Crippen molar-refractivity contribution in [3.8, 4) is 34.6 Å². The molecule has 0 saturated carbocycles. The second kappa shape index (κ2) is 7.40. The molecule has 1 aliphatic rings. The van der Waals surface area contributed by atoms with Gasteiger partial charge in [-0.2, -0.15) is 5.26 Å². The van der Waals surface area contributed by atoms with Crippen LogP contribution in [0.25, 0.3) is 16.8 Å². The molecule has 7 heteroatoms. The molecule has 1 N–H and O–H groups in total. The first-order chi connectivity index (χ1) is 13.3. The first kappa shape index (κ1) is 16.9. The molecule has 0 saturated heterocycles. The fourth-order valence-corrected chi connectivity index (χ4v) is 3.39. The zero-order chi connectivity index (χ0) is 18.6. The molecule has 0 aliphatic carbocycles. The van der Waals surface area contributed by atoms with Crippen LogP contribution in [0.15, 0.2) is 54.0 Å². The number of benzene rings is 2. The van der Waals surface area contributed by atoms with Crippen molar-refractivity contribution >= 4 is 22.6 Å². The van der Waals surface area contributed by atoms with Crippen LogP contribution >= 0.6 is 11.3 Å².